The molecule has 0 spiro atoms. The van der Waals surface area contributed by atoms with Crippen molar-refractivity contribution in [2.24, 2.45) is 0 Å². The molecule has 0 atom stereocenters. The van der Waals surface area contributed by atoms with Gasteiger partial charge in [0.05, 0.1) is 16.3 Å². The van der Waals surface area contributed by atoms with E-state index in [4.69, 9.17) is 16.3 Å². The number of amides is 1. The summed E-state index contributed by atoms with van der Waals surface area (Å²) in [7, 11) is 0. The van der Waals surface area contributed by atoms with Gasteiger partial charge in [0, 0.05) is 23.7 Å². The van der Waals surface area contributed by atoms with E-state index in [1.165, 1.54) is 23.5 Å². The second kappa shape index (κ2) is 7.81. The fourth-order valence-electron chi connectivity index (χ4n) is 3.20. The number of carbonyl (C=O) groups excluding carboxylic acids is 1. The first-order valence-corrected chi connectivity index (χ1v) is 10.1. The van der Waals surface area contributed by atoms with E-state index in [0.717, 1.165) is 5.56 Å². The third-order valence-electron chi connectivity index (χ3n) is 4.63. The third kappa shape index (κ3) is 3.94. The summed E-state index contributed by atoms with van der Waals surface area (Å²) in [6, 6.07) is 11.7. The van der Waals surface area contributed by atoms with E-state index in [2.05, 4.69) is 4.98 Å². The molecule has 0 saturated heterocycles. The van der Waals surface area contributed by atoms with Gasteiger partial charge in [-0.25, -0.2) is 4.98 Å². The molecule has 1 amide bonds. The van der Waals surface area contributed by atoms with Crippen LogP contribution in [0.5, 0.6) is 5.75 Å². The SMILES string of the molecule is Cc1nc(COc2ccc(Cl)cc2)sc1C(=O)N1CCc2ccc([N+](=O)[O-])cc21. The van der Waals surface area contributed by atoms with E-state index in [-0.39, 0.29) is 18.2 Å². The summed E-state index contributed by atoms with van der Waals surface area (Å²) in [5.74, 6) is 0.466. The monoisotopic (exact) mass is 429 g/mol. The first kappa shape index (κ1) is 19.4. The summed E-state index contributed by atoms with van der Waals surface area (Å²) in [4.78, 5) is 30.3. The van der Waals surface area contributed by atoms with Crippen LogP contribution in [-0.2, 0) is 13.0 Å². The molecule has 0 N–H and O–H groups in total. The van der Waals surface area contributed by atoms with Crippen molar-refractivity contribution in [2.45, 2.75) is 20.0 Å². The molecule has 0 saturated carbocycles. The lowest BCUT2D eigenvalue weighted by atomic mass is 10.1. The zero-order chi connectivity index (χ0) is 20.5. The molecule has 9 heteroatoms. The predicted octanol–water partition coefficient (Wildman–Crippen LogP) is 4.80. The highest BCUT2D eigenvalue weighted by Gasteiger charge is 2.30. The van der Waals surface area contributed by atoms with Gasteiger partial charge < -0.3 is 9.64 Å². The highest BCUT2D eigenvalue weighted by atomic mass is 35.5. The first-order chi connectivity index (χ1) is 13.9. The number of non-ortho nitro benzene ring substituents is 1. The van der Waals surface area contributed by atoms with Gasteiger partial charge in [-0.3, -0.25) is 14.9 Å². The molecule has 0 aliphatic carbocycles. The van der Waals surface area contributed by atoms with E-state index in [0.29, 0.717) is 45.0 Å². The predicted molar refractivity (Wildman–Crippen MR) is 111 cm³/mol. The van der Waals surface area contributed by atoms with Gasteiger partial charge in [0.2, 0.25) is 0 Å². The maximum Gasteiger partial charge on any atom is 0.271 e. The van der Waals surface area contributed by atoms with Crippen LogP contribution in [0.4, 0.5) is 11.4 Å². The normalized spacial score (nSPS) is 12.7. The van der Waals surface area contributed by atoms with Gasteiger partial charge in [-0.05, 0) is 43.2 Å². The number of halogens is 1. The first-order valence-electron chi connectivity index (χ1n) is 8.86. The molecule has 1 aromatic heterocycles. The van der Waals surface area contributed by atoms with Gasteiger partial charge in [0.25, 0.3) is 11.6 Å². The van der Waals surface area contributed by atoms with Gasteiger partial charge in [0.1, 0.15) is 22.2 Å². The van der Waals surface area contributed by atoms with Crippen molar-refractivity contribution in [1.82, 2.24) is 4.98 Å². The van der Waals surface area contributed by atoms with Crippen LogP contribution in [0.25, 0.3) is 0 Å². The van der Waals surface area contributed by atoms with Crippen LogP contribution in [0.2, 0.25) is 5.02 Å². The van der Waals surface area contributed by atoms with Gasteiger partial charge in [-0.1, -0.05) is 17.7 Å². The number of anilines is 1. The maximum absolute atomic E-state index is 13.1. The Bertz CT molecular complexity index is 1100. The number of hydrogen-bond acceptors (Lipinski definition) is 6. The van der Waals surface area contributed by atoms with Crippen molar-refractivity contribution < 1.29 is 14.5 Å². The molecule has 2 aromatic carbocycles. The van der Waals surface area contributed by atoms with Crippen molar-refractivity contribution in [2.75, 3.05) is 11.4 Å². The summed E-state index contributed by atoms with van der Waals surface area (Å²) in [5.41, 5.74) is 2.11. The van der Waals surface area contributed by atoms with E-state index in [9.17, 15) is 14.9 Å². The van der Waals surface area contributed by atoms with Crippen molar-refractivity contribution in [3.63, 3.8) is 0 Å². The molecule has 0 unspecified atom stereocenters. The second-order valence-corrected chi connectivity index (χ2v) is 8.06. The molecule has 0 radical (unpaired) electrons. The van der Waals surface area contributed by atoms with E-state index in [1.807, 2.05) is 0 Å². The summed E-state index contributed by atoms with van der Waals surface area (Å²) >= 11 is 7.14. The summed E-state index contributed by atoms with van der Waals surface area (Å²) < 4.78 is 5.71. The zero-order valence-corrected chi connectivity index (χ0v) is 17.0. The van der Waals surface area contributed by atoms with E-state index >= 15 is 0 Å². The average Bonchev–Trinajstić information content (AvgIpc) is 3.30. The molecular formula is C20H16ClN3O4S. The lowest BCUT2D eigenvalue weighted by molar-refractivity contribution is -0.384. The van der Waals surface area contributed by atoms with Crippen molar-refractivity contribution in [1.29, 1.82) is 0 Å². The molecular weight excluding hydrogens is 414 g/mol. The number of hydrogen-bond donors (Lipinski definition) is 0. The van der Waals surface area contributed by atoms with Crippen LogP contribution >= 0.6 is 22.9 Å². The Morgan fingerprint density at radius 1 is 1.31 bits per heavy atom. The Balaban J connectivity index is 1.52. The largest absolute Gasteiger partial charge is 0.486 e. The quantitative estimate of drug-likeness (QED) is 0.429. The molecule has 0 fully saturated rings. The number of nitro benzene ring substituents is 1. The summed E-state index contributed by atoms with van der Waals surface area (Å²) in [5, 5.41) is 12.4. The Morgan fingerprint density at radius 2 is 2.07 bits per heavy atom. The van der Waals surface area contributed by atoms with Gasteiger partial charge >= 0.3 is 0 Å². The van der Waals surface area contributed by atoms with Crippen molar-refractivity contribution in [3.05, 3.63) is 78.7 Å². The average molecular weight is 430 g/mol. The fourth-order valence-corrected chi connectivity index (χ4v) is 4.26. The minimum atomic E-state index is -0.453. The number of benzene rings is 2. The Morgan fingerprint density at radius 3 is 2.79 bits per heavy atom. The molecule has 3 aromatic rings. The highest BCUT2D eigenvalue weighted by molar-refractivity contribution is 7.13. The molecule has 1 aliphatic rings. The van der Waals surface area contributed by atoms with Gasteiger partial charge in [-0.15, -0.1) is 11.3 Å². The maximum atomic E-state index is 13.1. The van der Waals surface area contributed by atoms with Crippen molar-refractivity contribution >= 4 is 40.2 Å². The number of thiazole rings is 1. The minimum absolute atomic E-state index is 0.0264. The molecule has 1 aliphatic heterocycles. The Kier molecular flexibility index (Phi) is 5.21. The van der Waals surface area contributed by atoms with E-state index < -0.39 is 4.92 Å². The lowest BCUT2D eigenvalue weighted by Gasteiger charge is -2.16. The number of nitrogens with zero attached hydrogens (tertiary/aromatic N) is 3. The lowest BCUT2D eigenvalue weighted by Crippen LogP contribution is -2.28. The standard InChI is InChI=1S/C20H16ClN3O4S/c1-12-19(29-18(22-12)11-28-16-6-3-14(21)4-7-16)20(25)23-9-8-13-2-5-15(24(26)27)10-17(13)23/h2-7,10H,8-9,11H2,1H3. The number of aryl methyl sites for hydroxylation is 1. The highest BCUT2D eigenvalue weighted by Crippen LogP contribution is 2.34. The summed E-state index contributed by atoms with van der Waals surface area (Å²) in [6.07, 6.45) is 0.670. The molecule has 29 heavy (non-hydrogen) atoms. The molecule has 148 valence electrons. The molecule has 2 heterocycles. The fraction of sp³-hybridized carbons (Fsp3) is 0.200. The molecule has 4 rings (SSSR count). The number of aromatic nitrogens is 1. The smallest absolute Gasteiger partial charge is 0.271 e. The van der Waals surface area contributed by atoms with Crippen LogP contribution in [0, 0.1) is 17.0 Å². The molecule has 7 nitrogen and oxygen atoms in total. The summed E-state index contributed by atoms with van der Waals surface area (Å²) in [6.45, 7) is 2.51. The topological polar surface area (TPSA) is 85.6 Å². The third-order valence-corrected chi connectivity index (χ3v) is 6.00. The van der Waals surface area contributed by atoms with Gasteiger partial charge in [0.15, 0.2) is 0 Å². The second-order valence-electron chi connectivity index (χ2n) is 6.54. The number of ether oxygens (including phenoxy) is 1. The number of carbonyl (C=O) groups is 1. The number of fused-ring (bicyclic) bond motifs is 1. The number of rotatable bonds is 5. The Hall–Kier alpha value is -2.97. The Labute approximate surface area is 175 Å². The van der Waals surface area contributed by atoms with Crippen molar-refractivity contribution in [3.8, 4) is 5.75 Å². The molecule has 0 bridgehead atoms. The van der Waals surface area contributed by atoms with Crippen LogP contribution in [0.1, 0.15) is 25.9 Å². The van der Waals surface area contributed by atoms with Gasteiger partial charge in [-0.2, -0.15) is 0 Å². The van der Waals surface area contributed by atoms with E-state index in [1.54, 1.807) is 42.2 Å². The zero-order valence-electron chi connectivity index (χ0n) is 15.4. The minimum Gasteiger partial charge on any atom is -0.486 e. The van der Waals surface area contributed by atoms with Crippen LogP contribution < -0.4 is 9.64 Å². The van der Waals surface area contributed by atoms with Crippen LogP contribution in [0.15, 0.2) is 42.5 Å². The van der Waals surface area contributed by atoms with Crippen LogP contribution in [-0.4, -0.2) is 22.4 Å². The van der Waals surface area contributed by atoms with Crippen LogP contribution in [0.3, 0.4) is 0 Å². The number of nitro groups is 1.